The maximum absolute atomic E-state index is 13.3. The van der Waals surface area contributed by atoms with Gasteiger partial charge in [-0.05, 0) is 111 Å². The number of fused-ring (bicyclic) bond motifs is 5. The van der Waals surface area contributed by atoms with Crippen LogP contribution in [0.25, 0.3) is 0 Å². The van der Waals surface area contributed by atoms with E-state index in [1.807, 2.05) is 0 Å². The third-order valence-corrected chi connectivity index (χ3v) is 10.6. The monoisotopic (exact) mass is 396 g/mol. The number of hydrogen-bond donors (Lipinski definition) is 0. The SMILES string of the molecule is CC1CC2C3CCC4CC(C(F)(F)F)CCC4C3CCC2(C)C1CCC1CC1. The Bertz CT molecular complexity index is 579. The summed E-state index contributed by atoms with van der Waals surface area (Å²) in [5.74, 6) is 5.13. The molecule has 0 bridgehead atoms. The molecular weight excluding hydrogens is 357 g/mol. The van der Waals surface area contributed by atoms with E-state index in [4.69, 9.17) is 0 Å². The highest BCUT2D eigenvalue weighted by atomic mass is 19.4. The lowest BCUT2D eigenvalue weighted by atomic mass is 9.49. The van der Waals surface area contributed by atoms with Crippen LogP contribution in [0, 0.1) is 58.7 Å². The van der Waals surface area contributed by atoms with Gasteiger partial charge in [-0.15, -0.1) is 0 Å². The number of alkyl halides is 3. The van der Waals surface area contributed by atoms with Gasteiger partial charge in [0.15, 0.2) is 0 Å². The number of hydrogen-bond acceptors (Lipinski definition) is 0. The molecule has 9 atom stereocenters. The summed E-state index contributed by atoms with van der Waals surface area (Å²) in [6.45, 7) is 5.12. The van der Waals surface area contributed by atoms with Crippen LogP contribution in [0.1, 0.15) is 90.9 Å². The van der Waals surface area contributed by atoms with Crippen LogP contribution in [-0.2, 0) is 0 Å². The second-order valence-electron chi connectivity index (χ2n) is 11.9. The van der Waals surface area contributed by atoms with E-state index in [-0.39, 0.29) is 0 Å². The van der Waals surface area contributed by atoms with Crippen molar-refractivity contribution < 1.29 is 13.2 Å². The summed E-state index contributed by atoms with van der Waals surface area (Å²) in [6.07, 6.45) is 9.89. The molecule has 5 saturated carbocycles. The number of rotatable bonds is 3. The first-order valence-corrected chi connectivity index (χ1v) is 12.3. The van der Waals surface area contributed by atoms with Crippen LogP contribution in [0.15, 0.2) is 0 Å². The van der Waals surface area contributed by atoms with Crippen LogP contribution in [0.2, 0.25) is 0 Å². The van der Waals surface area contributed by atoms with Crippen molar-refractivity contribution in [1.82, 2.24) is 0 Å². The van der Waals surface area contributed by atoms with E-state index in [2.05, 4.69) is 13.8 Å². The maximum Gasteiger partial charge on any atom is 0.391 e. The predicted molar refractivity (Wildman–Crippen MR) is 107 cm³/mol. The highest BCUT2D eigenvalue weighted by Gasteiger charge is 2.59. The number of halogens is 3. The van der Waals surface area contributed by atoms with Crippen LogP contribution in [0.5, 0.6) is 0 Å². The molecule has 0 N–H and O–H groups in total. The molecule has 5 fully saturated rings. The molecule has 0 aromatic carbocycles. The highest BCUT2D eigenvalue weighted by Crippen LogP contribution is 2.67. The van der Waals surface area contributed by atoms with Gasteiger partial charge in [0.05, 0.1) is 5.92 Å². The zero-order valence-corrected chi connectivity index (χ0v) is 17.8. The first-order valence-electron chi connectivity index (χ1n) is 12.3. The normalized spacial score (nSPS) is 51.3. The molecule has 28 heavy (non-hydrogen) atoms. The quantitative estimate of drug-likeness (QED) is 0.455. The molecular formula is C25H39F3. The molecule has 0 nitrogen and oxygen atoms in total. The molecule has 0 amide bonds. The van der Waals surface area contributed by atoms with Gasteiger partial charge in [0.1, 0.15) is 0 Å². The Morgan fingerprint density at radius 1 is 0.821 bits per heavy atom. The van der Waals surface area contributed by atoms with Gasteiger partial charge in [-0.2, -0.15) is 13.2 Å². The van der Waals surface area contributed by atoms with Crippen LogP contribution >= 0.6 is 0 Å². The van der Waals surface area contributed by atoms with E-state index in [0.717, 1.165) is 48.3 Å². The van der Waals surface area contributed by atoms with Gasteiger partial charge in [-0.1, -0.05) is 33.1 Å². The van der Waals surface area contributed by atoms with E-state index >= 15 is 0 Å². The minimum absolute atomic E-state index is 0.357. The summed E-state index contributed by atoms with van der Waals surface area (Å²) in [4.78, 5) is 0. The lowest BCUT2D eigenvalue weighted by Crippen LogP contribution is -2.49. The second-order valence-corrected chi connectivity index (χ2v) is 11.9. The van der Waals surface area contributed by atoms with Crippen molar-refractivity contribution in [3.8, 4) is 0 Å². The molecule has 5 rings (SSSR count). The topological polar surface area (TPSA) is 0 Å². The van der Waals surface area contributed by atoms with E-state index in [1.54, 1.807) is 0 Å². The van der Waals surface area contributed by atoms with Gasteiger partial charge >= 0.3 is 6.18 Å². The predicted octanol–water partition coefficient (Wildman–Crippen LogP) is 7.87. The largest absolute Gasteiger partial charge is 0.391 e. The average molecular weight is 397 g/mol. The lowest BCUT2D eigenvalue weighted by Gasteiger charge is -2.56. The summed E-state index contributed by atoms with van der Waals surface area (Å²) in [6, 6.07) is 0. The molecule has 5 aliphatic rings. The van der Waals surface area contributed by atoms with E-state index in [1.165, 1.54) is 51.4 Å². The Labute approximate surface area is 169 Å². The average Bonchev–Trinajstić information content (AvgIpc) is 3.43. The Hall–Kier alpha value is -0.210. The van der Waals surface area contributed by atoms with Crippen molar-refractivity contribution in [2.75, 3.05) is 0 Å². The van der Waals surface area contributed by atoms with Gasteiger partial charge in [0.25, 0.3) is 0 Å². The summed E-state index contributed by atoms with van der Waals surface area (Å²) in [7, 11) is 0. The minimum Gasteiger partial charge on any atom is -0.171 e. The maximum atomic E-state index is 13.3. The molecule has 0 spiro atoms. The standard InChI is InChI=1S/C25H39F3/c1-15-13-23-21-8-6-17-14-18(25(26,27)28)7-9-19(17)20(21)11-12-24(23,2)22(15)10-5-16-3-4-16/h15-23H,3-14H2,1-2H3. The molecule has 3 heteroatoms. The molecule has 0 aliphatic heterocycles. The van der Waals surface area contributed by atoms with Crippen molar-refractivity contribution >= 4 is 0 Å². The summed E-state index contributed by atoms with van der Waals surface area (Å²) >= 11 is 0. The Morgan fingerprint density at radius 2 is 1.57 bits per heavy atom. The third kappa shape index (κ3) is 3.25. The smallest absolute Gasteiger partial charge is 0.171 e. The van der Waals surface area contributed by atoms with Crippen LogP contribution in [-0.4, -0.2) is 6.18 Å². The van der Waals surface area contributed by atoms with Crippen molar-refractivity contribution in [1.29, 1.82) is 0 Å². The molecule has 0 radical (unpaired) electrons. The molecule has 0 aromatic rings. The molecule has 160 valence electrons. The zero-order valence-electron chi connectivity index (χ0n) is 17.8. The van der Waals surface area contributed by atoms with Crippen molar-refractivity contribution in [2.24, 2.45) is 58.7 Å². The van der Waals surface area contributed by atoms with Crippen LogP contribution in [0.4, 0.5) is 13.2 Å². The van der Waals surface area contributed by atoms with E-state index < -0.39 is 12.1 Å². The third-order valence-electron chi connectivity index (χ3n) is 10.6. The first-order chi connectivity index (χ1) is 13.3. The molecule has 9 unspecified atom stereocenters. The second kappa shape index (κ2) is 6.91. The summed E-state index contributed by atoms with van der Waals surface area (Å²) in [5, 5.41) is 0. The Balaban J connectivity index is 1.29. The zero-order chi connectivity index (χ0) is 19.7. The van der Waals surface area contributed by atoms with Crippen molar-refractivity contribution in [2.45, 2.75) is 97.1 Å². The fourth-order valence-corrected chi connectivity index (χ4v) is 9.05. The van der Waals surface area contributed by atoms with Gasteiger partial charge < -0.3 is 0 Å². The van der Waals surface area contributed by atoms with Crippen molar-refractivity contribution in [3.05, 3.63) is 0 Å². The van der Waals surface area contributed by atoms with Gasteiger partial charge in [0.2, 0.25) is 0 Å². The Kier molecular flexibility index (Phi) is 4.87. The molecule has 0 saturated heterocycles. The molecule has 0 aromatic heterocycles. The fraction of sp³-hybridized carbons (Fsp3) is 1.00. The van der Waals surface area contributed by atoms with Gasteiger partial charge in [0, 0.05) is 0 Å². The summed E-state index contributed by atoms with van der Waals surface area (Å²) in [5.41, 5.74) is 0.519. The van der Waals surface area contributed by atoms with Crippen LogP contribution in [0.3, 0.4) is 0 Å². The minimum atomic E-state index is -3.97. The summed E-state index contributed by atoms with van der Waals surface area (Å²) < 4.78 is 39.8. The van der Waals surface area contributed by atoms with Gasteiger partial charge in [-0.3, -0.25) is 0 Å². The fourth-order valence-electron chi connectivity index (χ4n) is 9.05. The lowest BCUT2D eigenvalue weighted by molar-refractivity contribution is -0.196. The van der Waals surface area contributed by atoms with E-state index in [9.17, 15) is 13.2 Å². The Morgan fingerprint density at radius 3 is 2.29 bits per heavy atom. The van der Waals surface area contributed by atoms with E-state index in [0.29, 0.717) is 30.1 Å². The first kappa shape index (κ1) is 19.7. The molecule has 5 aliphatic carbocycles. The highest BCUT2D eigenvalue weighted by molar-refractivity contribution is 5.07. The van der Waals surface area contributed by atoms with Crippen LogP contribution < -0.4 is 0 Å². The molecule has 0 heterocycles. The van der Waals surface area contributed by atoms with Gasteiger partial charge in [-0.25, -0.2) is 0 Å². The van der Waals surface area contributed by atoms with Crippen molar-refractivity contribution in [3.63, 3.8) is 0 Å².